The third-order valence-electron chi connectivity index (χ3n) is 5.23. The summed E-state index contributed by atoms with van der Waals surface area (Å²) in [5.41, 5.74) is 7.93. The maximum Gasteiger partial charge on any atom is 0.221 e. The number of nitrogens with two attached hydrogens (primary N) is 1. The van der Waals surface area contributed by atoms with E-state index >= 15 is 0 Å². The Morgan fingerprint density at radius 1 is 1.27 bits per heavy atom. The van der Waals surface area contributed by atoms with E-state index in [0.29, 0.717) is 6.54 Å². The lowest BCUT2D eigenvalue weighted by molar-refractivity contribution is -0.123. The van der Waals surface area contributed by atoms with Crippen LogP contribution in [0.25, 0.3) is 0 Å². The summed E-state index contributed by atoms with van der Waals surface area (Å²) in [4.78, 5) is 18.1. The minimum Gasteiger partial charge on any atom is -0.469 e. The number of nitrogens with zero attached hydrogens (tertiary/aromatic N) is 2. The van der Waals surface area contributed by atoms with Crippen molar-refractivity contribution in [1.29, 1.82) is 0 Å². The molecule has 1 atom stereocenters. The number of primary amides is 1. The number of rotatable bonds is 8. The van der Waals surface area contributed by atoms with E-state index < -0.39 is 0 Å². The molecule has 30 heavy (non-hydrogen) atoms. The molecule has 1 fully saturated rings. The number of likely N-dealkylation sites (tertiary alicyclic amines) is 1. The molecule has 8 heteroatoms. The molecule has 1 aliphatic rings. The van der Waals surface area contributed by atoms with Gasteiger partial charge in [-0.05, 0) is 42.6 Å². The number of aliphatic imine (C=N–C) groups is 1. The van der Waals surface area contributed by atoms with Gasteiger partial charge in [0.15, 0.2) is 5.96 Å². The standard InChI is InChI=1S/C22H31N5O2.HI/c1-24-22(25-10-9-20-8-4-12-29-20)26-14-17-5-2-6-18(13-17)15-27-11-3-7-19(16-27)21(23)28;/h2,4-6,8,12-13,19H,3,7,9-11,14-16H2,1H3,(H2,23,28)(H2,24,25,26);1H. The van der Waals surface area contributed by atoms with Crippen LogP contribution in [-0.4, -0.2) is 43.4 Å². The number of carbonyl (C=O) groups excluding carboxylic acids is 1. The smallest absolute Gasteiger partial charge is 0.221 e. The molecule has 0 aliphatic carbocycles. The summed E-state index contributed by atoms with van der Waals surface area (Å²) in [5.74, 6) is 1.52. The lowest BCUT2D eigenvalue weighted by Gasteiger charge is -2.31. The monoisotopic (exact) mass is 525 g/mol. The Morgan fingerprint density at radius 2 is 2.10 bits per heavy atom. The molecular formula is C22H32IN5O2. The minimum atomic E-state index is -0.182. The van der Waals surface area contributed by atoms with E-state index in [2.05, 4.69) is 44.8 Å². The molecular weight excluding hydrogens is 493 g/mol. The first-order valence-electron chi connectivity index (χ1n) is 10.2. The van der Waals surface area contributed by atoms with Gasteiger partial charge in [-0.15, -0.1) is 24.0 Å². The van der Waals surface area contributed by atoms with Crippen molar-refractivity contribution in [2.75, 3.05) is 26.7 Å². The number of carbonyl (C=O) groups is 1. The van der Waals surface area contributed by atoms with E-state index in [-0.39, 0.29) is 35.8 Å². The highest BCUT2D eigenvalue weighted by atomic mass is 127. The van der Waals surface area contributed by atoms with Gasteiger partial charge in [0.05, 0.1) is 12.2 Å². The molecule has 1 unspecified atom stereocenters. The third-order valence-corrected chi connectivity index (χ3v) is 5.23. The SMILES string of the molecule is CN=C(NCCc1ccco1)NCc1cccc(CN2CCCC(C(N)=O)C2)c1.I. The van der Waals surface area contributed by atoms with Crippen molar-refractivity contribution in [3.05, 3.63) is 59.5 Å². The Kier molecular flexibility index (Phi) is 10.2. The molecule has 164 valence electrons. The normalized spacial score (nSPS) is 17.2. The molecule has 1 aromatic heterocycles. The van der Waals surface area contributed by atoms with Gasteiger partial charge in [-0.25, -0.2) is 0 Å². The number of piperidine rings is 1. The maximum absolute atomic E-state index is 11.5. The summed E-state index contributed by atoms with van der Waals surface area (Å²) >= 11 is 0. The second-order valence-electron chi connectivity index (χ2n) is 7.48. The topological polar surface area (TPSA) is 95.9 Å². The van der Waals surface area contributed by atoms with Gasteiger partial charge in [-0.3, -0.25) is 14.7 Å². The van der Waals surface area contributed by atoms with Crippen molar-refractivity contribution in [3.63, 3.8) is 0 Å². The van der Waals surface area contributed by atoms with Gasteiger partial charge in [0.2, 0.25) is 5.91 Å². The van der Waals surface area contributed by atoms with Gasteiger partial charge < -0.3 is 20.8 Å². The Morgan fingerprint density at radius 3 is 2.83 bits per heavy atom. The van der Waals surface area contributed by atoms with E-state index in [0.717, 1.165) is 57.2 Å². The van der Waals surface area contributed by atoms with Crippen LogP contribution in [0.2, 0.25) is 0 Å². The molecule has 1 aliphatic heterocycles. The predicted octanol–water partition coefficient (Wildman–Crippen LogP) is 2.50. The summed E-state index contributed by atoms with van der Waals surface area (Å²) < 4.78 is 5.34. The van der Waals surface area contributed by atoms with Crippen LogP contribution in [0.5, 0.6) is 0 Å². The van der Waals surface area contributed by atoms with E-state index in [1.807, 2.05) is 12.1 Å². The third kappa shape index (κ3) is 7.64. The molecule has 1 amide bonds. The van der Waals surface area contributed by atoms with Crippen molar-refractivity contribution < 1.29 is 9.21 Å². The Bertz CT molecular complexity index is 810. The van der Waals surface area contributed by atoms with Gasteiger partial charge >= 0.3 is 0 Å². The first kappa shape index (κ1) is 24.2. The quantitative estimate of drug-likeness (QED) is 0.280. The fraction of sp³-hybridized carbons (Fsp3) is 0.455. The van der Waals surface area contributed by atoms with Gasteiger partial charge in [0, 0.05) is 39.6 Å². The van der Waals surface area contributed by atoms with Crippen molar-refractivity contribution >= 4 is 35.8 Å². The number of nitrogens with one attached hydrogen (secondary N) is 2. The average molecular weight is 525 g/mol. The Labute approximate surface area is 195 Å². The zero-order valence-corrected chi connectivity index (χ0v) is 19.8. The van der Waals surface area contributed by atoms with Crippen molar-refractivity contribution in [2.45, 2.75) is 32.4 Å². The van der Waals surface area contributed by atoms with Gasteiger partial charge in [0.1, 0.15) is 5.76 Å². The Balaban J connectivity index is 0.00000320. The van der Waals surface area contributed by atoms with E-state index in [1.165, 1.54) is 11.1 Å². The molecule has 4 N–H and O–H groups in total. The zero-order valence-electron chi connectivity index (χ0n) is 17.5. The number of furan rings is 1. The van der Waals surface area contributed by atoms with Crippen LogP contribution in [0.4, 0.5) is 0 Å². The van der Waals surface area contributed by atoms with Crippen LogP contribution < -0.4 is 16.4 Å². The minimum absolute atomic E-state index is 0. The molecule has 7 nitrogen and oxygen atoms in total. The molecule has 0 spiro atoms. The van der Waals surface area contributed by atoms with Crippen LogP contribution in [0.1, 0.15) is 29.7 Å². The number of benzene rings is 1. The van der Waals surface area contributed by atoms with Gasteiger partial charge in [-0.2, -0.15) is 0 Å². The number of hydrogen-bond donors (Lipinski definition) is 3. The van der Waals surface area contributed by atoms with Crippen LogP contribution in [0.15, 0.2) is 52.1 Å². The predicted molar refractivity (Wildman–Crippen MR) is 130 cm³/mol. The van der Waals surface area contributed by atoms with Crippen LogP contribution in [0.3, 0.4) is 0 Å². The summed E-state index contributed by atoms with van der Waals surface area (Å²) in [7, 11) is 1.77. The fourth-order valence-electron chi connectivity index (χ4n) is 3.69. The number of halogens is 1. The second-order valence-corrected chi connectivity index (χ2v) is 7.48. The largest absolute Gasteiger partial charge is 0.469 e. The van der Waals surface area contributed by atoms with Crippen LogP contribution >= 0.6 is 24.0 Å². The molecule has 2 heterocycles. The molecule has 3 rings (SSSR count). The number of amides is 1. The molecule has 0 radical (unpaired) electrons. The molecule has 1 aromatic carbocycles. The van der Waals surface area contributed by atoms with E-state index in [9.17, 15) is 4.79 Å². The maximum atomic E-state index is 11.5. The number of hydrogen-bond acceptors (Lipinski definition) is 4. The second kappa shape index (κ2) is 12.6. The van der Waals surface area contributed by atoms with Crippen LogP contribution in [0, 0.1) is 5.92 Å². The summed E-state index contributed by atoms with van der Waals surface area (Å²) in [6.45, 7) is 4.05. The van der Waals surface area contributed by atoms with E-state index in [4.69, 9.17) is 10.2 Å². The first-order valence-corrected chi connectivity index (χ1v) is 10.2. The molecule has 0 saturated carbocycles. The Hall–Kier alpha value is -2.07. The van der Waals surface area contributed by atoms with Crippen molar-refractivity contribution in [1.82, 2.24) is 15.5 Å². The van der Waals surface area contributed by atoms with Gasteiger partial charge in [0.25, 0.3) is 0 Å². The molecule has 2 aromatic rings. The highest BCUT2D eigenvalue weighted by molar-refractivity contribution is 14.0. The van der Waals surface area contributed by atoms with Crippen molar-refractivity contribution in [3.8, 4) is 0 Å². The highest BCUT2D eigenvalue weighted by Crippen LogP contribution is 2.18. The van der Waals surface area contributed by atoms with E-state index in [1.54, 1.807) is 13.3 Å². The fourth-order valence-corrected chi connectivity index (χ4v) is 3.69. The number of guanidine groups is 1. The lowest BCUT2D eigenvalue weighted by atomic mass is 9.97. The van der Waals surface area contributed by atoms with Gasteiger partial charge in [-0.1, -0.05) is 24.3 Å². The first-order chi connectivity index (χ1) is 14.1. The lowest BCUT2D eigenvalue weighted by Crippen LogP contribution is -2.40. The van der Waals surface area contributed by atoms with Crippen molar-refractivity contribution in [2.24, 2.45) is 16.6 Å². The van der Waals surface area contributed by atoms with Crippen LogP contribution in [-0.2, 0) is 24.3 Å². The average Bonchev–Trinajstić information content (AvgIpc) is 3.24. The molecule has 1 saturated heterocycles. The zero-order chi connectivity index (χ0) is 20.5. The summed E-state index contributed by atoms with van der Waals surface area (Å²) in [6, 6.07) is 12.4. The molecule has 0 bridgehead atoms. The summed E-state index contributed by atoms with van der Waals surface area (Å²) in [5, 5.41) is 6.65. The summed E-state index contributed by atoms with van der Waals surface area (Å²) in [6.07, 6.45) is 4.43. The highest BCUT2D eigenvalue weighted by Gasteiger charge is 2.23.